The van der Waals surface area contributed by atoms with Gasteiger partial charge < -0.3 is 13.9 Å². The normalized spacial score (nSPS) is 11.4. The fraction of sp³-hybridized carbons (Fsp3) is 0.0400. The molecule has 0 saturated heterocycles. The maximum atomic E-state index is 11.0. The Morgan fingerprint density at radius 1 is 1.03 bits per heavy atom. The van der Waals surface area contributed by atoms with Crippen LogP contribution in [-0.4, -0.2) is 21.2 Å². The first-order valence-corrected chi connectivity index (χ1v) is 10.1. The molecule has 8 nitrogen and oxygen atoms in total. The highest BCUT2D eigenvalue weighted by atomic mass is 16.6. The van der Waals surface area contributed by atoms with Gasteiger partial charge in [-0.3, -0.25) is 15.1 Å². The van der Waals surface area contributed by atoms with Crippen LogP contribution >= 0.6 is 0 Å². The number of aryl methyl sites for hydroxylation is 1. The van der Waals surface area contributed by atoms with E-state index in [0.29, 0.717) is 39.8 Å². The van der Waals surface area contributed by atoms with Crippen LogP contribution in [0.5, 0.6) is 5.75 Å². The number of rotatable bonds is 5. The van der Waals surface area contributed by atoms with Crippen LogP contribution < -0.4 is 0 Å². The first-order valence-electron chi connectivity index (χ1n) is 10.1. The summed E-state index contributed by atoms with van der Waals surface area (Å²) in [7, 11) is 0. The predicted octanol–water partition coefficient (Wildman–Crippen LogP) is 6.43. The van der Waals surface area contributed by atoms with E-state index < -0.39 is 4.92 Å². The monoisotopic (exact) mass is 439 g/mol. The van der Waals surface area contributed by atoms with Crippen LogP contribution in [0.15, 0.2) is 86.6 Å². The van der Waals surface area contributed by atoms with Crippen molar-refractivity contribution in [3.63, 3.8) is 0 Å². The first kappa shape index (κ1) is 20.2. The van der Waals surface area contributed by atoms with E-state index in [1.165, 1.54) is 24.4 Å². The lowest BCUT2D eigenvalue weighted by Gasteiger charge is -2.01. The summed E-state index contributed by atoms with van der Waals surface area (Å²) in [6.07, 6.45) is 1.51. The summed E-state index contributed by atoms with van der Waals surface area (Å²) in [5.41, 5.74) is 4.01. The Hall–Kier alpha value is -4.72. The lowest BCUT2D eigenvalue weighted by atomic mass is 10.1. The van der Waals surface area contributed by atoms with Crippen molar-refractivity contribution in [2.45, 2.75) is 6.92 Å². The summed E-state index contributed by atoms with van der Waals surface area (Å²) in [5, 5.41) is 21.5. The van der Waals surface area contributed by atoms with Crippen LogP contribution in [0.25, 0.3) is 33.9 Å². The lowest BCUT2D eigenvalue weighted by molar-refractivity contribution is -0.384. The zero-order chi connectivity index (χ0) is 22.9. The first-order chi connectivity index (χ1) is 16.0. The zero-order valence-electron chi connectivity index (χ0n) is 17.4. The summed E-state index contributed by atoms with van der Waals surface area (Å²) in [4.78, 5) is 19.3. The minimum absolute atomic E-state index is 0.00958. The Labute approximate surface area is 187 Å². The molecule has 0 atom stereocenters. The molecule has 0 aliphatic carbocycles. The molecule has 8 heteroatoms. The maximum Gasteiger partial charge on any atom is 0.270 e. The summed E-state index contributed by atoms with van der Waals surface area (Å²) in [6, 6.07) is 20.3. The number of phenols is 1. The van der Waals surface area contributed by atoms with Crippen molar-refractivity contribution in [1.82, 2.24) is 4.98 Å². The second-order valence-electron chi connectivity index (χ2n) is 7.46. The van der Waals surface area contributed by atoms with E-state index in [1.54, 1.807) is 36.4 Å². The van der Waals surface area contributed by atoms with Crippen molar-refractivity contribution in [3.05, 3.63) is 94.2 Å². The molecule has 162 valence electrons. The molecule has 0 fully saturated rings. The molecule has 0 amide bonds. The van der Waals surface area contributed by atoms with E-state index >= 15 is 0 Å². The van der Waals surface area contributed by atoms with Crippen LogP contribution in [0.3, 0.4) is 0 Å². The molecule has 2 heterocycles. The zero-order valence-corrected chi connectivity index (χ0v) is 17.4. The number of benzene rings is 3. The van der Waals surface area contributed by atoms with Crippen LogP contribution in [0.1, 0.15) is 11.3 Å². The van der Waals surface area contributed by atoms with Gasteiger partial charge >= 0.3 is 0 Å². The Balaban J connectivity index is 1.37. The van der Waals surface area contributed by atoms with Crippen molar-refractivity contribution >= 4 is 28.7 Å². The molecular formula is C25H17N3O5. The number of hydrogen-bond acceptors (Lipinski definition) is 7. The minimum atomic E-state index is -0.452. The van der Waals surface area contributed by atoms with E-state index in [9.17, 15) is 15.2 Å². The maximum absolute atomic E-state index is 11.0. The van der Waals surface area contributed by atoms with Crippen molar-refractivity contribution in [2.24, 2.45) is 4.99 Å². The number of hydrogen-bond donors (Lipinski definition) is 1. The Bertz CT molecular complexity index is 1530. The number of nitro groups is 1. The Morgan fingerprint density at radius 3 is 2.73 bits per heavy atom. The third-order valence-electron chi connectivity index (χ3n) is 5.06. The number of oxazole rings is 1. The topological polar surface area (TPSA) is 115 Å². The van der Waals surface area contributed by atoms with Gasteiger partial charge in [0.15, 0.2) is 5.58 Å². The average Bonchev–Trinajstić information content (AvgIpc) is 3.44. The van der Waals surface area contributed by atoms with Crippen LogP contribution in [0.4, 0.5) is 11.4 Å². The third-order valence-corrected chi connectivity index (χ3v) is 5.06. The summed E-state index contributed by atoms with van der Waals surface area (Å²) < 4.78 is 11.5. The largest absolute Gasteiger partial charge is 0.507 e. The lowest BCUT2D eigenvalue weighted by Crippen LogP contribution is -1.87. The Morgan fingerprint density at radius 2 is 1.91 bits per heavy atom. The molecule has 0 radical (unpaired) electrons. The average molecular weight is 439 g/mol. The number of fused-ring (bicyclic) bond motifs is 1. The Kier molecular flexibility index (Phi) is 4.95. The van der Waals surface area contributed by atoms with E-state index in [2.05, 4.69) is 9.98 Å². The van der Waals surface area contributed by atoms with Gasteiger partial charge in [-0.2, -0.15) is 0 Å². The number of aromatic hydroxyl groups is 1. The van der Waals surface area contributed by atoms with Gasteiger partial charge in [-0.05, 0) is 48.9 Å². The molecule has 0 saturated carbocycles. The minimum Gasteiger partial charge on any atom is -0.507 e. The van der Waals surface area contributed by atoms with E-state index in [4.69, 9.17) is 8.83 Å². The third kappa shape index (κ3) is 4.09. The van der Waals surface area contributed by atoms with Gasteiger partial charge in [0, 0.05) is 23.8 Å². The number of phenolic OH excluding ortho intramolecular Hbond substituents is 1. The van der Waals surface area contributed by atoms with Crippen molar-refractivity contribution < 1.29 is 18.9 Å². The highest BCUT2D eigenvalue weighted by Crippen LogP contribution is 2.34. The molecular weight excluding hydrogens is 422 g/mol. The van der Waals surface area contributed by atoms with Gasteiger partial charge in [-0.15, -0.1) is 0 Å². The number of aromatic nitrogens is 1. The molecule has 0 spiro atoms. The number of furan rings is 1. The SMILES string of the molecule is Cc1ccc2oc(-c3ccc(N=Cc4ccc(-c5cccc([N+](=O)[O-])c5)o4)cc3O)nc2c1. The molecule has 0 aliphatic rings. The van der Waals surface area contributed by atoms with Crippen LogP contribution in [-0.2, 0) is 0 Å². The highest BCUT2D eigenvalue weighted by molar-refractivity contribution is 5.82. The van der Waals surface area contributed by atoms with E-state index in [1.807, 2.05) is 25.1 Å². The summed E-state index contributed by atoms with van der Waals surface area (Å²) in [6.45, 7) is 1.98. The molecule has 0 unspecified atom stereocenters. The number of nitrogens with zero attached hydrogens (tertiary/aromatic N) is 3. The van der Waals surface area contributed by atoms with Gasteiger partial charge in [-0.25, -0.2) is 4.98 Å². The van der Waals surface area contributed by atoms with Gasteiger partial charge in [0.2, 0.25) is 5.89 Å². The van der Waals surface area contributed by atoms with Gasteiger partial charge in [0.25, 0.3) is 5.69 Å². The fourth-order valence-electron chi connectivity index (χ4n) is 3.42. The number of non-ortho nitro benzene ring substituents is 1. The predicted molar refractivity (Wildman–Crippen MR) is 124 cm³/mol. The standard InChI is InChI=1S/C25H17N3O5/c1-15-5-9-24-21(11-15)27-25(33-24)20-8-6-17(13-22(20)29)26-14-19-7-10-23(32-19)16-3-2-4-18(12-16)28(30)31/h2-14,29H,1H3. The van der Waals surface area contributed by atoms with Gasteiger partial charge in [0.05, 0.1) is 22.4 Å². The van der Waals surface area contributed by atoms with E-state index in [0.717, 1.165) is 11.1 Å². The molecule has 5 aromatic rings. The van der Waals surface area contributed by atoms with Gasteiger partial charge in [0.1, 0.15) is 22.8 Å². The number of nitro benzene ring substituents is 1. The molecule has 33 heavy (non-hydrogen) atoms. The molecule has 0 bridgehead atoms. The number of aliphatic imine (C=N–C) groups is 1. The molecule has 2 aromatic heterocycles. The van der Waals surface area contributed by atoms with Crippen LogP contribution in [0, 0.1) is 17.0 Å². The van der Waals surface area contributed by atoms with E-state index in [-0.39, 0.29) is 11.4 Å². The molecule has 1 N–H and O–H groups in total. The molecule has 5 rings (SSSR count). The molecule has 3 aromatic carbocycles. The van der Waals surface area contributed by atoms with Crippen molar-refractivity contribution in [1.29, 1.82) is 0 Å². The second kappa shape index (κ2) is 8.08. The van der Waals surface area contributed by atoms with Crippen molar-refractivity contribution in [3.8, 4) is 28.5 Å². The summed E-state index contributed by atoms with van der Waals surface area (Å²) in [5.74, 6) is 1.28. The van der Waals surface area contributed by atoms with Crippen LogP contribution in [0.2, 0.25) is 0 Å². The smallest absolute Gasteiger partial charge is 0.270 e. The second-order valence-corrected chi connectivity index (χ2v) is 7.46. The summed E-state index contributed by atoms with van der Waals surface area (Å²) >= 11 is 0. The van der Waals surface area contributed by atoms with Crippen molar-refractivity contribution in [2.75, 3.05) is 0 Å². The highest BCUT2D eigenvalue weighted by Gasteiger charge is 2.13. The van der Waals surface area contributed by atoms with Gasteiger partial charge in [-0.1, -0.05) is 18.2 Å². The fourth-order valence-corrected chi connectivity index (χ4v) is 3.42. The molecule has 0 aliphatic heterocycles. The quantitative estimate of drug-likeness (QED) is 0.192.